The molecule has 7 nitrogen and oxygen atoms in total. The predicted octanol–water partition coefficient (Wildman–Crippen LogP) is 4.89. The zero-order valence-electron chi connectivity index (χ0n) is 23.5. The SMILES string of the molecule is CO[C@@H]1C[C@H](C(=O)Nc2cc(C(CCC3CC3)(N[S@](=O)C(C)(C)C)c3ccccc3)ccc2F)N(C(C)=O)C1. The zero-order chi connectivity index (χ0) is 28.4. The zero-order valence-corrected chi connectivity index (χ0v) is 24.3. The molecule has 2 aliphatic rings. The molecule has 212 valence electrons. The van der Waals surface area contributed by atoms with E-state index in [4.69, 9.17) is 4.74 Å². The van der Waals surface area contributed by atoms with E-state index in [9.17, 15) is 13.8 Å². The van der Waals surface area contributed by atoms with Gasteiger partial charge in [0.1, 0.15) is 11.9 Å². The Hall–Kier alpha value is -2.62. The van der Waals surface area contributed by atoms with Gasteiger partial charge in [0, 0.05) is 27.0 Å². The Bertz CT molecular complexity index is 1210. The van der Waals surface area contributed by atoms with Gasteiger partial charge in [0.2, 0.25) is 11.8 Å². The molecule has 1 aliphatic carbocycles. The van der Waals surface area contributed by atoms with Gasteiger partial charge in [-0.05, 0) is 62.8 Å². The number of halogens is 1. The largest absolute Gasteiger partial charge is 0.380 e. The van der Waals surface area contributed by atoms with Crippen molar-refractivity contribution in [1.82, 2.24) is 9.62 Å². The average molecular weight is 558 g/mol. The first-order valence-corrected chi connectivity index (χ1v) is 14.8. The molecule has 9 heteroatoms. The number of amides is 2. The number of methoxy groups -OCH3 is 1. The molecule has 0 radical (unpaired) electrons. The third kappa shape index (κ3) is 6.76. The maximum absolute atomic E-state index is 15.2. The lowest BCUT2D eigenvalue weighted by molar-refractivity contribution is -0.134. The van der Waals surface area contributed by atoms with Gasteiger partial charge in [-0.15, -0.1) is 0 Å². The van der Waals surface area contributed by atoms with Crippen LogP contribution in [0.1, 0.15) is 70.9 Å². The molecule has 4 rings (SSSR count). The van der Waals surface area contributed by atoms with E-state index in [0.29, 0.717) is 30.9 Å². The quantitative estimate of drug-likeness (QED) is 0.436. The summed E-state index contributed by atoms with van der Waals surface area (Å²) in [5, 5.41) is 2.74. The molecule has 0 bridgehead atoms. The summed E-state index contributed by atoms with van der Waals surface area (Å²) < 4.78 is 37.0. The van der Waals surface area contributed by atoms with E-state index in [1.807, 2.05) is 51.1 Å². The molecule has 2 aromatic carbocycles. The Morgan fingerprint density at radius 3 is 2.38 bits per heavy atom. The highest BCUT2D eigenvalue weighted by atomic mass is 32.2. The highest BCUT2D eigenvalue weighted by molar-refractivity contribution is 7.84. The molecule has 4 atom stereocenters. The molecule has 39 heavy (non-hydrogen) atoms. The normalized spacial score (nSPS) is 21.8. The van der Waals surface area contributed by atoms with Crippen molar-refractivity contribution in [2.45, 2.75) is 82.2 Å². The number of nitrogens with zero attached hydrogens (tertiary/aromatic N) is 1. The summed E-state index contributed by atoms with van der Waals surface area (Å²) >= 11 is 0. The highest BCUT2D eigenvalue weighted by Crippen LogP contribution is 2.42. The highest BCUT2D eigenvalue weighted by Gasteiger charge is 2.41. The van der Waals surface area contributed by atoms with Gasteiger partial charge in [-0.2, -0.15) is 0 Å². The van der Waals surface area contributed by atoms with Crippen LogP contribution in [0.25, 0.3) is 0 Å². The molecule has 2 N–H and O–H groups in total. The van der Waals surface area contributed by atoms with Crippen molar-refractivity contribution >= 4 is 28.5 Å². The second-order valence-electron chi connectivity index (χ2n) is 11.7. The van der Waals surface area contributed by atoms with Crippen LogP contribution >= 0.6 is 0 Å². The molecule has 1 unspecified atom stereocenters. The molecule has 2 amide bonds. The Morgan fingerprint density at radius 2 is 1.79 bits per heavy atom. The van der Waals surface area contributed by atoms with Gasteiger partial charge in [-0.25, -0.2) is 13.3 Å². The van der Waals surface area contributed by atoms with Crippen LogP contribution < -0.4 is 10.0 Å². The predicted molar refractivity (Wildman–Crippen MR) is 152 cm³/mol. The summed E-state index contributed by atoms with van der Waals surface area (Å²) in [4.78, 5) is 27.0. The van der Waals surface area contributed by atoms with Gasteiger partial charge in [-0.1, -0.05) is 49.2 Å². The van der Waals surface area contributed by atoms with Gasteiger partial charge in [0.15, 0.2) is 0 Å². The maximum Gasteiger partial charge on any atom is 0.247 e. The van der Waals surface area contributed by atoms with Crippen LogP contribution in [-0.4, -0.2) is 51.5 Å². The summed E-state index contributed by atoms with van der Waals surface area (Å²) in [6.45, 7) is 7.47. The van der Waals surface area contributed by atoms with Crippen molar-refractivity contribution in [3.63, 3.8) is 0 Å². The summed E-state index contributed by atoms with van der Waals surface area (Å²) in [6.07, 6.45) is 4.02. The van der Waals surface area contributed by atoms with Crippen LogP contribution in [0.2, 0.25) is 0 Å². The second-order valence-corrected chi connectivity index (χ2v) is 13.7. The van der Waals surface area contributed by atoms with E-state index in [2.05, 4.69) is 10.0 Å². The molecular weight excluding hydrogens is 517 g/mol. The molecule has 1 saturated heterocycles. The Labute approximate surface area is 233 Å². The van der Waals surface area contributed by atoms with Gasteiger partial charge >= 0.3 is 0 Å². The van der Waals surface area contributed by atoms with Gasteiger partial charge in [-0.3, -0.25) is 9.59 Å². The minimum absolute atomic E-state index is 0.0249. The van der Waals surface area contributed by atoms with Gasteiger partial charge in [0.05, 0.1) is 33.1 Å². The number of likely N-dealkylation sites (tertiary alicyclic amines) is 1. The first-order chi connectivity index (χ1) is 18.4. The van der Waals surface area contributed by atoms with Gasteiger partial charge < -0.3 is 15.0 Å². The molecule has 2 aromatic rings. The van der Waals surface area contributed by atoms with E-state index < -0.39 is 39.0 Å². The Morgan fingerprint density at radius 1 is 1.10 bits per heavy atom. The van der Waals surface area contributed by atoms with E-state index in [-0.39, 0.29) is 17.7 Å². The summed E-state index contributed by atoms with van der Waals surface area (Å²) in [7, 11) is 0.116. The lowest BCUT2D eigenvalue weighted by Gasteiger charge is -2.38. The Balaban J connectivity index is 1.73. The van der Waals surface area contributed by atoms with E-state index in [1.54, 1.807) is 19.2 Å². The van der Waals surface area contributed by atoms with Crippen LogP contribution in [0.5, 0.6) is 0 Å². The molecule has 2 fully saturated rings. The minimum Gasteiger partial charge on any atom is -0.380 e. The number of anilines is 1. The lowest BCUT2D eigenvalue weighted by Crippen LogP contribution is -2.49. The maximum atomic E-state index is 15.2. The standard InChI is InChI=1S/C30H40FN3O4S/c1-20(35)34-19-24(38-5)18-27(34)28(36)32-26-17-23(13-14-25(26)31)30(16-15-21-11-12-21,22-9-7-6-8-10-22)33-39(37)29(2,3)4/h6-10,13-14,17,21,24,27,33H,11-12,15-16,18-19H2,1-5H3,(H,32,36)/t24-,27-,30?,39-/m1/s1. The first kappa shape index (κ1) is 29.4. The molecule has 0 aromatic heterocycles. The number of benzene rings is 2. The molecule has 1 saturated carbocycles. The number of nitrogens with one attached hydrogen (secondary N) is 2. The third-order valence-corrected chi connectivity index (χ3v) is 9.38. The van der Waals surface area contributed by atoms with Crippen LogP contribution in [-0.2, 0) is 30.9 Å². The smallest absolute Gasteiger partial charge is 0.247 e. The average Bonchev–Trinajstić information content (AvgIpc) is 3.62. The van der Waals surface area contributed by atoms with Crippen LogP contribution in [0.15, 0.2) is 48.5 Å². The van der Waals surface area contributed by atoms with Crippen molar-refractivity contribution in [3.05, 3.63) is 65.5 Å². The number of carbonyl (C=O) groups is 2. The monoisotopic (exact) mass is 557 g/mol. The second kappa shape index (κ2) is 11.9. The van der Waals surface area contributed by atoms with Crippen molar-refractivity contribution in [2.75, 3.05) is 19.0 Å². The fourth-order valence-electron chi connectivity index (χ4n) is 5.15. The topological polar surface area (TPSA) is 87.7 Å². The third-order valence-electron chi connectivity index (χ3n) is 7.73. The van der Waals surface area contributed by atoms with Crippen LogP contribution in [0.4, 0.5) is 10.1 Å². The number of carbonyl (C=O) groups excluding carboxylic acids is 2. The van der Waals surface area contributed by atoms with Crippen LogP contribution in [0.3, 0.4) is 0 Å². The van der Waals surface area contributed by atoms with E-state index >= 15 is 4.39 Å². The Kier molecular flexibility index (Phi) is 8.93. The van der Waals surface area contributed by atoms with Crippen molar-refractivity contribution in [2.24, 2.45) is 5.92 Å². The summed E-state index contributed by atoms with van der Waals surface area (Å²) in [5.41, 5.74) is 0.800. The van der Waals surface area contributed by atoms with E-state index in [0.717, 1.165) is 12.0 Å². The molecule has 1 aliphatic heterocycles. The molecular formula is C30H40FN3O4S. The van der Waals surface area contributed by atoms with Crippen molar-refractivity contribution in [3.8, 4) is 0 Å². The van der Waals surface area contributed by atoms with E-state index in [1.165, 1.54) is 30.7 Å². The number of hydrogen-bond acceptors (Lipinski definition) is 4. The number of rotatable bonds is 10. The lowest BCUT2D eigenvalue weighted by atomic mass is 9.79. The van der Waals surface area contributed by atoms with Gasteiger partial charge in [0.25, 0.3) is 0 Å². The van der Waals surface area contributed by atoms with Crippen molar-refractivity contribution < 1.29 is 22.9 Å². The molecule has 0 spiro atoms. The number of hydrogen-bond donors (Lipinski definition) is 2. The fraction of sp³-hybridized carbons (Fsp3) is 0.533. The minimum atomic E-state index is -1.43. The van der Waals surface area contributed by atoms with Crippen molar-refractivity contribution in [1.29, 1.82) is 0 Å². The fourth-order valence-corrected chi connectivity index (χ4v) is 6.11. The first-order valence-electron chi connectivity index (χ1n) is 13.6. The molecule has 1 heterocycles. The number of ether oxygens (including phenoxy) is 1. The summed E-state index contributed by atoms with van der Waals surface area (Å²) in [6, 6.07) is 13.7. The van der Waals surface area contributed by atoms with Crippen LogP contribution in [0, 0.1) is 11.7 Å². The summed E-state index contributed by atoms with van der Waals surface area (Å²) in [5.74, 6) is -0.661.